The van der Waals surface area contributed by atoms with E-state index in [1.807, 2.05) is 13.8 Å². The van der Waals surface area contributed by atoms with E-state index < -0.39 is 0 Å². The van der Waals surface area contributed by atoms with Gasteiger partial charge in [-0.2, -0.15) is 0 Å². The van der Waals surface area contributed by atoms with Gasteiger partial charge in [-0.1, -0.05) is 0 Å². The predicted octanol–water partition coefficient (Wildman–Crippen LogP) is -0.0843. The Kier molecular flexibility index (Phi) is 3.44. The Morgan fingerprint density at radius 1 is 1.65 bits per heavy atom. The van der Waals surface area contributed by atoms with Crippen LogP contribution in [0.3, 0.4) is 0 Å². The summed E-state index contributed by atoms with van der Waals surface area (Å²) in [4.78, 5) is 17.4. The minimum absolute atomic E-state index is 0.0279. The largest absolute Gasteiger partial charge is 0.475 e. The van der Waals surface area contributed by atoms with E-state index in [1.165, 1.54) is 12.4 Å². The van der Waals surface area contributed by atoms with Crippen molar-refractivity contribution < 1.29 is 9.47 Å². The van der Waals surface area contributed by atoms with Crippen molar-refractivity contribution >= 4 is 0 Å². The summed E-state index contributed by atoms with van der Waals surface area (Å²) in [6, 6.07) is 1.32. The Morgan fingerprint density at radius 3 is 3.18 bits per heavy atom. The van der Waals surface area contributed by atoms with Crippen LogP contribution in [0.25, 0.3) is 0 Å². The van der Waals surface area contributed by atoms with Gasteiger partial charge in [0.2, 0.25) is 5.88 Å². The molecule has 17 heavy (non-hydrogen) atoms. The summed E-state index contributed by atoms with van der Waals surface area (Å²) in [7, 11) is 0. The van der Waals surface area contributed by atoms with Crippen molar-refractivity contribution in [3.63, 3.8) is 0 Å². The zero-order valence-electron chi connectivity index (χ0n) is 10.0. The average molecular weight is 239 g/mol. The van der Waals surface area contributed by atoms with Crippen molar-refractivity contribution in [2.75, 3.05) is 19.7 Å². The molecule has 2 heterocycles. The molecular formula is C11H17N3O3. The maximum Gasteiger partial charge on any atom is 0.254 e. The SMILES string of the molecule is CC1(C)CNCC(COc2cc(=O)[nH]cn2)O1. The molecule has 0 aliphatic carbocycles. The Hall–Kier alpha value is -1.40. The number of aromatic nitrogens is 2. The molecule has 0 saturated carbocycles. The first-order valence-electron chi connectivity index (χ1n) is 5.61. The van der Waals surface area contributed by atoms with Crippen LogP contribution in [-0.2, 0) is 4.74 Å². The number of hydrogen-bond acceptors (Lipinski definition) is 5. The smallest absolute Gasteiger partial charge is 0.254 e. The second-order valence-electron chi connectivity index (χ2n) is 4.69. The number of H-pyrrole nitrogens is 1. The highest BCUT2D eigenvalue weighted by atomic mass is 16.6. The number of nitrogens with zero attached hydrogens (tertiary/aromatic N) is 1. The Bertz CT molecular complexity index is 430. The summed E-state index contributed by atoms with van der Waals surface area (Å²) >= 11 is 0. The van der Waals surface area contributed by atoms with Gasteiger partial charge in [0.05, 0.1) is 18.0 Å². The number of aromatic amines is 1. The number of ether oxygens (including phenoxy) is 2. The molecule has 2 N–H and O–H groups in total. The van der Waals surface area contributed by atoms with Crippen LogP contribution in [0.2, 0.25) is 0 Å². The summed E-state index contributed by atoms with van der Waals surface area (Å²) < 4.78 is 11.2. The first-order valence-corrected chi connectivity index (χ1v) is 5.61. The molecule has 0 bridgehead atoms. The van der Waals surface area contributed by atoms with Gasteiger partial charge in [-0.05, 0) is 13.8 Å². The van der Waals surface area contributed by atoms with Crippen LogP contribution < -0.4 is 15.6 Å². The van der Waals surface area contributed by atoms with Crippen LogP contribution in [-0.4, -0.2) is 41.4 Å². The molecular weight excluding hydrogens is 222 g/mol. The van der Waals surface area contributed by atoms with Gasteiger partial charge in [0.1, 0.15) is 12.7 Å². The monoisotopic (exact) mass is 239 g/mol. The summed E-state index contributed by atoms with van der Waals surface area (Å²) in [5, 5.41) is 3.28. The molecule has 2 rings (SSSR count). The van der Waals surface area contributed by atoms with E-state index in [1.54, 1.807) is 0 Å². The summed E-state index contributed by atoms with van der Waals surface area (Å²) in [6.07, 6.45) is 1.29. The Balaban J connectivity index is 1.88. The molecule has 1 aliphatic heterocycles. The molecule has 94 valence electrons. The van der Waals surface area contributed by atoms with Crippen molar-refractivity contribution in [1.82, 2.24) is 15.3 Å². The molecule has 1 aromatic rings. The van der Waals surface area contributed by atoms with Crippen LogP contribution in [0, 0.1) is 0 Å². The quantitative estimate of drug-likeness (QED) is 0.771. The Labute approximate surface area is 99.4 Å². The maximum atomic E-state index is 11.0. The van der Waals surface area contributed by atoms with Crippen LogP contribution in [0.5, 0.6) is 5.88 Å². The molecule has 1 atom stereocenters. The molecule has 1 aliphatic rings. The summed E-state index contributed by atoms with van der Waals surface area (Å²) in [6.45, 7) is 6.00. The van der Waals surface area contributed by atoms with Gasteiger partial charge in [0, 0.05) is 13.1 Å². The van der Waals surface area contributed by atoms with E-state index in [2.05, 4.69) is 15.3 Å². The van der Waals surface area contributed by atoms with E-state index >= 15 is 0 Å². The van der Waals surface area contributed by atoms with Gasteiger partial charge in [-0.15, -0.1) is 0 Å². The lowest BCUT2D eigenvalue weighted by Gasteiger charge is -2.36. The minimum atomic E-state index is -0.224. The second-order valence-corrected chi connectivity index (χ2v) is 4.69. The third-order valence-corrected chi connectivity index (χ3v) is 2.48. The molecule has 6 heteroatoms. The first kappa shape index (κ1) is 12.1. The molecule has 1 unspecified atom stereocenters. The second kappa shape index (κ2) is 4.85. The lowest BCUT2D eigenvalue weighted by Crippen LogP contribution is -2.52. The standard InChI is InChI=1S/C11H17N3O3/c1-11(2)6-12-4-8(17-11)5-16-10-3-9(15)13-7-14-10/h3,7-8,12H,4-6H2,1-2H3,(H,13,14,15). The van der Waals surface area contributed by atoms with Gasteiger partial charge in [0.25, 0.3) is 5.56 Å². The number of rotatable bonds is 3. The average Bonchev–Trinajstić information content (AvgIpc) is 2.25. The molecule has 1 fully saturated rings. The van der Waals surface area contributed by atoms with Crippen molar-refractivity contribution in [2.45, 2.75) is 25.6 Å². The molecule has 0 amide bonds. The van der Waals surface area contributed by atoms with Crippen LogP contribution in [0.4, 0.5) is 0 Å². The molecule has 6 nitrogen and oxygen atoms in total. The fourth-order valence-corrected chi connectivity index (χ4v) is 1.77. The van der Waals surface area contributed by atoms with Crippen molar-refractivity contribution in [3.05, 3.63) is 22.7 Å². The molecule has 0 spiro atoms. The fraction of sp³-hybridized carbons (Fsp3) is 0.636. The van der Waals surface area contributed by atoms with E-state index in [4.69, 9.17) is 9.47 Å². The van der Waals surface area contributed by atoms with E-state index in [9.17, 15) is 4.79 Å². The zero-order chi connectivity index (χ0) is 12.3. The highest BCUT2D eigenvalue weighted by Crippen LogP contribution is 2.15. The lowest BCUT2D eigenvalue weighted by molar-refractivity contribution is -0.107. The maximum absolute atomic E-state index is 11.0. The first-order chi connectivity index (χ1) is 8.05. The van der Waals surface area contributed by atoms with Crippen LogP contribution >= 0.6 is 0 Å². The van der Waals surface area contributed by atoms with Gasteiger partial charge < -0.3 is 19.8 Å². The summed E-state index contributed by atoms with van der Waals surface area (Å²) in [5.74, 6) is 0.320. The number of morpholine rings is 1. The highest BCUT2D eigenvalue weighted by Gasteiger charge is 2.28. The zero-order valence-corrected chi connectivity index (χ0v) is 10.0. The van der Waals surface area contributed by atoms with Gasteiger partial charge in [0.15, 0.2) is 0 Å². The van der Waals surface area contributed by atoms with Crippen molar-refractivity contribution in [2.24, 2.45) is 0 Å². The molecule has 1 saturated heterocycles. The molecule has 0 aromatic carbocycles. The number of nitrogens with one attached hydrogen (secondary N) is 2. The topological polar surface area (TPSA) is 76.2 Å². The van der Waals surface area contributed by atoms with E-state index in [0.29, 0.717) is 12.5 Å². The third-order valence-electron chi connectivity index (χ3n) is 2.48. The molecule has 0 radical (unpaired) electrons. The van der Waals surface area contributed by atoms with Crippen LogP contribution in [0.1, 0.15) is 13.8 Å². The lowest BCUT2D eigenvalue weighted by atomic mass is 10.1. The van der Waals surface area contributed by atoms with Gasteiger partial charge >= 0.3 is 0 Å². The highest BCUT2D eigenvalue weighted by molar-refractivity contribution is 5.04. The van der Waals surface area contributed by atoms with E-state index in [-0.39, 0.29) is 17.3 Å². The third kappa shape index (κ3) is 3.54. The van der Waals surface area contributed by atoms with Crippen molar-refractivity contribution in [1.29, 1.82) is 0 Å². The van der Waals surface area contributed by atoms with Gasteiger partial charge in [-0.3, -0.25) is 4.79 Å². The summed E-state index contributed by atoms with van der Waals surface area (Å²) in [5.41, 5.74) is -0.411. The molecule has 1 aromatic heterocycles. The van der Waals surface area contributed by atoms with Crippen LogP contribution in [0.15, 0.2) is 17.2 Å². The normalized spacial score (nSPS) is 23.3. The van der Waals surface area contributed by atoms with E-state index in [0.717, 1.165) is 13.1 Å². The Morgan fingerprint density at radius 2 is 2.47 bits per heavy atom. The number of hydrogen-bond donors (Lipinski definition) is 2. The minimum Gasteiger partial charge on any atom is -0.475 e. The predicted molar refractivity (Wildman–Crippen MR) is 62.2 cm³/mol. The van der Waals surface area contributed by atoms with Gasteiger partial charge in [-0.25, -0.2) is 4.98 Å². The fourth-order valence-electron chi connectivity index (χ4n) is 1.77. The van der Waals surface area contributed by atoms with Crippen molar-refractivity contribution in [3.8, 4) is 5.88 Å².